The zero-order valence-corrected chi connectivity index (χ0v) is 17.8. The van der Waals surface area contributed by atoms with Crippen molar-refractivity contribution in [2.75, 3.05) is 6.61 Å². The van der Waals surface area contributed by atoms with Crippen LogP contribution in [0, 0.1) is 17.6 Å². The molecule has 1 atom stereocenters. The molecule has 0 aliphatic carbocycles. The van der Waals surface area contributed by atoms with Gasteiger partial charge in [0.25, 0.3) is 5.56 Å². The molecule has 0 aliphatic rings. The summed E-state index contributed by atoms with van der Waals surface area (Å²) in [4.78, 5) is 42.8. The molecule has 0 amide bonds. The number of fused-ring (bicyclic) bond motifs is 1. The molecular weight excluding hydrogens is 410 g/mol. The van der Waals surface area contributed by atoms with Crippen LogP contribution in [0.3, 0.4) is 0 Å². The van der Waals surface area contributed by atoms with E-state index in [-0.39, 0.29) is 35.9 Å². The van der Waals surface area contributed by atoms with E-state index in [1.54, 1.807) is 6.92 Å². The van der Waals surface area contributed by atoms with Crippen LogP contribution in [0.2, 0.25) is 0 Å². The van der Waals surface area contributed by atoms with Crippen molar-refractivity contribution in [1.29, 1.82) is 0 Å². The number of aromatic nitrogens is 4. The molecule has 3 aromatic rings. The van der Waals surface area contributed by atoms with Crippen LogP contribution < -0.4 is 11.2 Å². The van der Waals surface area contributed by atoms with Gasteiger partial charge in [-0.2, -0.15) is 0 Å². The van der Waals surface area contributed by atoms with Crippen molar-refractivity contribution in [2.45, 2.75) is 46.7 Å². The third-order valence-corrected chi connectivity index (χ3v) is 4.98. The lowest BCUT2D eigenvalue weighted by Crippen LogP contribution is -2.41. The predicted molar refractivity (Wildman–Crippen MR) is 110 cm³/mol. The summed E-state index contributed by atoms with van der Waals surface area (Å²) >= 11 is 0. The first kappa shape index (κ1) is 22.4. The monoisotopic (exact) mass is 434 g/mol. The molecule has 1 aromatic carbocycles. The van der Waals surface area contributed by atoms with Gasteiger partial charge in [0.2, 0.25) is 0 Å². The second-order valence-electron chi connectivity index (χ2n) is 7.61. The van der Waals surface area contributed by atoms with Crippen molar-refractivity contribution < 1.29 is 18.3 Å². The number of benzene rings is 1. The summed E-state index contributed by atoms with van der Waals surface area (Å²) in [5.41, 5.74) is -1.86. The second kappa shape index (κ2) is 8.83. The van der Waals surface area contributed by atoms with E-state index in [9.17, 15) is 23.2 Å². The van der Waals surface area contributed by atoms with Gasteiger partial charge in [-0.3, -0.25) is 9.36 Å². The van der Waals surface area contributed by atoms with Gasteiger partial charge in [-0.1, -0.05) is 13.8 Å². The molecule has 0 fully saturated rings. The Bertz CT molecular complexity index is 1240. The quantitative estimate of drug-likeness (QED) is 0.534. The first-order chi connectivity index (χ1) is 14.7. The number of carbonyl (C=O) groups excluding carboxylic acids is 1. The smallest absolute Gasteiger partial charge is 0.337 e. The van der Waals surface area contributed by atoms with Crippen LogP contribution in [0.5, 0.6) is 0 Å². The fraction of sp³-hybridized carbons (Fsp3) is 0.429. The van der Waals surface area contributed by atoms with Gasteiger partial charge in [0, 0.05) is 12.6 Å². The molecule has 0 N–H and O–H groups in total. The molecule has 2 heterocycles. The maximum absolute atomic E-state index is 14.6. The third kappa shape index (κ3) is 4.14. The predicted octanol–water partition coefficient (Wildman–Crippen LogP) is 2.80. The van der Waals surface area contributed by atoms with Gasteiger partial charge in [0.1, 0.15) is 17.7 Å². The van der Waals surface area contributed by atoms with Crippen LogP contribution >= 0.6 is 0 Å². The van der Waals surface area contributed by atoms with E-state index in [4.69, 9.17) is 4.74 Å². The lowest BCUT2D eigenvalue weighted by Gasteiger charge is -2.16. The van der Waals surface area contributed by atoms with Crippen LogP contribution in [0.1, 0.15) is 40.2 Å². The molecule has 8 nitrogen and oxygen atoms in total. The summed E-state index contributed by atoms with van der Waals surface area (Å²) in [5.74, 6) is -2.17. The van der Waals surface area contributed by atoms with Crippen molar-refractivity contribution in [3.8, 4) is 5.69 Å². The Morgan fingerprint density at radius 2 is 1.90 bits per heavy atom. The third-order valence-electron chi connectivity index (χ3n) is 4.98. The van der Waals surface area contributed by atoms with Crippen LogP contribution in [0.25, 0.3) is 16.9 Å². The number of nitrogens with zero attached hydrogens (tertiary/aromatic N) is 4. The lowest BCUT2D eigenvalue weighted by atomic mass is 10.1. The van der Waals surface area contributed by atoms with E-state index >= 15 is 0 Å². The SMILES string of the molecule is CCOC(=O)[C@H](C)n1cnc2c1c(=O)n(CCC(C)C)c(=O)n2-c1ccc(F)cc1F. The Kier molecular flexibility index (Phi) is 6.37. The first-order valence-electron chi connectivity index (χ1n) is 10.0. The molecule has 0 saturated carbocycles. The second-order valence-corrected chi connectivity index (χ2v) is 7.61. The number of imidazole rings is 1. The molecule has 0 unspecified atom stereocenters. The molecule has 166 valence electrons. The average Bonchev–Trinajstić information content (AvgIpc) is 3.13. The van der Waals surface area contributed by atoms with Crippen molar-refractivity contribution in [3.05, 3.63) is 57.0 Å². The van der Waals surface area contributed by atoms with Gasteiger partial charge in [-0.25, -0.2) is 27.9 Å². The summed E-state index contributed by atoms with van der Waals surface area (Å²) in [6.07, 6.45) is 1.76. The van der Waals surface area contributed by atoms with E-state index in [1.165, 1.54) is 17.8 Å². The molecule has 31 heavy (non-hydrogen) atoms. The Morgan fingerprint density at radius 3 is 2.52 bits per heavy atom. The number of ether oxygens (including phenoxy) is 1. The molecule has 0 bridgehead atoms. The molecule has 0 spiro atoms. The lowest BCUT2D eigenvalue weighted by molar-refractivity contribution is -0.146. The van der Waals surface area contributed by atoms with Crippen LogP contribution in [0.4, 0.5) is 8.78 Å². The van der Waals surface area contributed by atoms with Gasteiger partial charge in [-0.15, -0.1) is 0 Å². The topological polar surface area (TPSA) is 88.1 Å². The average molecular weight is 434 g/mol. The highest BCUT2D eigenvalue weighted by Crippen LogP contribution is 2.20. The first-order valence-corrected chi connectivity index (χ1v) is 10.0. The van der Waals surface area contributed by atoms with E-state index in [1.807, 2.05) is 13.8 Å². The number of hydrogen-bond donors (Lipinski definition) is 0. The fourth-order valence-corrected chi connectivity index (χ4v) is 3.28. The Morgan fingerprint density at radius 1 is 1.19 bits per heavy atom. The van der Waals surface area contributed by atoms with Gasteiger partial charge < -0.3 is 9.30 Å². The number of hydrogen-bond acceptors (Lipinski definition) is 5. The van der Waals surface area contributed by atoms with Crippen molar-refractivity contribution in [3.63, 3.8) is 0 Å². The van der Waals surface area contributed by atoms with E-state index in [2.05, 4.69) is 4.98 Å². The van der Waals surface area contributed by atoms with E-state index in [0.717, 1.165) is 21.3 Å². The molecule has 10 heteroatoms. The van der Waals surface area contributed by atoms with E-state index < -0.39 is 34.9 Å². The van der Waals surface area contributed by atoms with E-state index in [0.29, 0.717) is 12.5 Å². The molecule has 0 saturated heterocycles. The summed E-state index contributed by atoms with van der Waals surface area (Å²) in [6.45, 7) is 7.31. The van der Waals surface area contributed by atoms with Gasteiger partial charge in [0.15, 0.2) is 11.2 Å². The number of halogens is 2. The van der Waals surface area contributed by atoms with Crippen molar-refractivity contribution >= 4 is 17.1 Å². The summed E-state index contributed by atoms with van der Waals surface area (Å²) in [7, 11) is 0. The minimum atomic E-state index is -0.981. The van der Waals surface area contributed by atoms with Crippen molar-refractivity contribution in [2.24, 2.45) is 5.92 Å². The number of carbonyl (C=O) groups is 1. The highest BCUT2D eigenvalue weighted by atomic mass is 19.1. The number of rotatable bonds is 7. The summed E-state index contributed by atoms with van der Waals surface area (Å²) in [5, 5.41) is 0. The Balaban J connectivity index is 2.36. The minimum absolute atomic E-state index is 0.0485. The molecule has 2 aromatic heterocycles. The molecule has 0 radical (unpaired) electrons. The zero-order valence-electron chi connectivity index (χ0n) is 17.8. The Hall–Kier alpha value is -3.30. The molecule has 3 rings (SSSR count). The maximum Gasteiger partial charge on any atom is 0.337 e. The standard InChI is InChI=1S/C21H24F2N4O4/c1-5-31-20(29)13(4)26-11-24-18-17(26)19(28)25(9-8-12(2)3)21(30)27(18)16-7-6-14(22)10-15(16)23/h6-7,10-13H,5,8-9H2,1-4H3/t13-/m0/s1. The fourth-order valence-electron chi connectivity index (χ4n) is 3.28. The van der Waals surface area contributed by atoms with Gasteiger partial charge >= 0.3 is 11.7 Å². The van der Waals surface area contributed by atoms with Gasteiger partial charge in [0.05, 0.1) is 18.6 Å². The molecular formula is C21H24F2N4O4. The largest absolute Gasteiger partial charge is 0.464 e. The normalized spacial score (nSPS) is 12.5. The highest BCUT2D eigenvalue weighted by Gasteiger charge is 2.25. The Labute approximate surface area is 176 Å². The van der Waals surface area contributed by atoms with Crippen molar-refractivity contribution in [1.82, 2.24) is 18.7 Å². The maximum atomic E-state index is 14.6. The minimum Gasteiger partial charge on any atom is -0.464 e. The zero-order chi connectivity index (χ0) is 22.9. The van der Waals surface area contributed by atoms with Gasteiger partial charge in [-0.05, 0) is 38.3 Å². The summed E-state index contributed by atoms with van der Waals surface area (Å²) < 4.78 is 36.3. The highest BCUT2D eigenvalue weighted by molar-refractivity contribution is 5.79. The van der Waals surface area contributed by atoms with Crippen LogP contribution in [-0.2, 0) is 16.1 Å². The van der Waals surface area contributed by atoms with Crippen LogP contribution in [-0.4, -0.2) is 31.3 Å². The molecule has 0 aliphatic heterocycles. The summed E-state index contributed by atoms with van der Waals surface area (Å²) in [6, 6.07) is 1.87. The van der Waals surface area contributed by atoms with Crippen LogP contribution in [0.15, 0.2) is 34.1 Å². The number of esters is 1.